The number of hydrogen-bond donors (Lipinski definition) is 2. The number of nitrogens with zero attached hydrogens (tertiary/aromatic N) is 1. The van der Waals surface area contributed by atoms with Crippen molar-refractivity contribution < 1.29 is 22.5 Å². The van der Waals surface area contributed by atoms with Crippen LogP contribution in [-0.2, 0) is 14.8 Å². The van der Waals surface area contributed by atoms with Gasteiger partial charge in [-0.2, -0.15) is 4.31 Å². The van der Waals surface area contributed by atoms with Crippen molar-refractivity contribution in [2.24, 2.45) is 5.92 Å². The molecule has 2 N–H and O–H groups in total. The van der Waals surface area contributed by atoms with Crippen molar-refractivity contribution in [2.45, 2.75) is 43.5 Å². The Morgan fingerprint density at radius 1 is 1.22 bits per heavy atom. The van der Waals surface area contributed by atoms with Crippen molar-refractivity contribution in [3.05, 3.63) is 30.1 Å². The van der Waals surface area contributed by atoms with Crippen LogP contribution in [0.3, 0.4) is 0 Å². The van der Waals surface area contributed by atoms with Gasteiger partial charge in [-0.1, -0.05) is 31.9 Å². The Morgan fingerprint density at radius 2 is 1.89 bits per heavy atom. The minimum absolute atomic E-state index is 0.0363. The molecular weight excluding hydrogens is 369 g/mol. The second kappa shape index (κ2) is 8.67. The van der Waals surface area contributed by atoms with E-state index in [1.54, 1.807) is 0 Å². The van der Waals surface area contributed by atoms with Gasteiger partial charge in [0, 0.05) is 6.04 Å². The predicted molar refractivity (Wildman–Crippen MR) is 100 cm³/mol. The molecule has 2 aliphatic rings. The normalized spacial score (nSPS) is 25.3. The van der Waals surface area contributed by atoms with E-state index in [1.165, 1.54) is 28.9 Å². The third-order valence-corrected chi connectivity index (χ3v) is 7.68. The molecule has 3 rings (SSSR count). The zero-order valence-electron chi connectivity index (χ0n) is 15.8. The Hall–Kier alpha value is -1.51. The number of piperazine rings is 1. The van der Waals surface area contributed by atoms with Crippen LogP contribution in [0.2, 0.25) is 0 Å². The summed E-state index contributed by atoms with van der Waals surface area (Å²) in [5.74, 6) is -0.178. The van der Waals surface area contributed by atoms with Gasteiger partial charge in [0.25, 0.3) is 5.91 Å². The fourth-order valence-corrected chi connectivity index (χ4v) is 5.53. The Bertz CT molecular complexity index is 763. The molecule has 1 saturated carbocycles. The summed E-state index contributed by atoms with van der Waals surface area (Å²) >= 11 is 0. The molecule has 0 unspecified atom stereocenters. The van der Waals surface area contributed by atoms with Gasteiger partial charge in [-0.25, -0.2) is 12.8 Å². The van der Waals surface area contributed by atoms with Crippen LogP contribution in [0.1, 0.15) is 32.6 Å². The summed E-state index contributed by atoms with van der Waals surface area (Å²) < 4.78 is 40.5. The van der Waals surface area contributed by atoms with Crippen LogP contribution in [0, 0.1) is 11.7 Å². The van der Waals surface area contributed by atoms with Gasteiger partial charge in [-0.15, -0.1) is 0 Å². The topological polar surface area (TPSA) is 70.9 Å². The summed E-state index contributed by atoms with van der Waals surface area (Å²) in [6, 6.07) is 5.71. The molecule has 8 heteroatoms. The number of quaternary nitrogens is 1. The van der Waals surface area contributed by atoms with E-state index in [4.69, 9.17) is 0 Å². The number of amides is 1. The summed E-state index contributed by atoms with van der Waals surface area (Å²) in [5.41, 5.74) is 0. The second-order valence-electron chi connectivity index (χ2n) is 7.70. The van der Waals surface area contributed by atoms with Gasteiger partial charge in [-0.3, -0.25) is 4.79 Å². The van der Waals surface area contributed by atoms with E-state index in [0.29, 0.717) is 38.6 Å². The molecule has 1 aromatic rings. The highest BCUT2D eigenvalue weighted by atomic mass is 32.2. The minimum atomic E-state index is -3.83. The Balaban J connectivity index is 1.51. The summed E-state index contributed by atoms with van der Waals surface area (Å²) in [5, 5.41) is 3.15. The van der Waals surface area contributed by atoms with Crippen molar-refractivity contribution in [1.29, 1.82) is 0 Å². The molecule has 2 fully saturated rings. The molecule has 150 valence electrons. The number of carbonyl (C=O) groups is 1. The highest BCUT2D eigenvalue weighted by molar-refractivity contribution is 7.89. The molecule has 27 heavy (non-hydrogen) atoms. The summed E-state index contributed by atoms with van der Waals surface area (Å²) in [6.45, 7) is 4.21. The average molecular weight is 399 g/mol. The molecular formula is C19H29FN3O3S+. The van der Waals surface area contributed by atoms with E-state index in [0.717, 1.165) is 30.2 Å². The minimum Gasteiger partial charge on any atom is -0.348 e. The monoisotopic (exact) mass is 398 g/mol. The highest BCUT2D eigenvalue weighted by Crippen LogP contribution is 2.23. The van der Waals surface area contributed by atoms with Gasteiger partial charge >= 0.3 is 0 Å². The number of sulfonamides is 1. The van der Waals surface area contributed by atoms with Crippen LogP contribution in [0.25, 0.3) is 0 Å². The first-order valence-electron chi connectivity index (χ1n) is 9.75. The zero-order valence-corrected chi connectivity index (χ0v) is 16.6. The van der Waals surface area contributed by atoms with Crippen LogP contribution in [0.4, 0.5) is 4.39 Å². The molecule has 1 amide bonds. The molecule has 1 aromatic carbocycles. The van der Waals surface area contributed by atoms with Crippen LogP contribution in [0.5, 0.6) is 0 Å². The molecule has 1 aliphatic carbocycles. The smallest absolute Gasteiger partial charge is 0.275 e. The molecule has 1 saturated heterocycles. The van der Waals surface area contributed by atoms with Crippen LogP contribution >= 0.6 is 0 Å². The quantitative estimate of drug-likeness (QED) is 0.755. The lowest BCUT2D eigenvalue weighted by Gasteiger charge is -2.33. The second-order valence-corrected chi connectivity index (χ2v) is 9.60. The SMILES string of the molecule is C[C@H]1CCCC[C@H]1NC(=O)C[NH+]1CCN(S(=O)(=O)c2ccccc2F)CC1. The number of rotatable bonds is 5. The zero-order chi connectivity index (χ0) is 19.4. The highest BCUT2D eigenvalue weighted by Gasteiger charge is 2.33. The number of benzene rings is 1. The largest absolute Gasteiger partial charge is 0.348 e. The maximum atomic E-state index is 13.9. The maximum Gasteiger partial charge on any atom is 0.275 e. The number of halogens is 1. The summed E-state index contributed by atoms with van der Waals surface area (Å²) in [4.78, 5) is 13.1. The third-order valence-electron chi connectivity index (χ3n) is 5.75. The first-order valence-corrected chi connectivity index (χ1v) is 11.2. The standard InChI is InChI=1S/C19H28FN3O3S/c1-15-6-2-4-8-17(15)21-19(24)14-22-10-12-23(13-11-22)27(25,26)18-9-5-3-7-16(18)20/h3,5,7,9,15,17H,2,4,6,8,10-14H2,1H3,(H,21,24)/p+1/t15-,17+/m0/s1. The van der Waals surface area contributed by atoms with Crippen LogP contribution in [0.15, 0.2) is 29.2 Å². The van der Waals surface area contributed by atoms with E-state index in [2.05, 4.69) is 12.2 Å². The summed E-state index contributed by atoms with van der Waals surface area (Å²) in [6.07, 6.45) is 4.59. The van der Waals surface area contributed by atoms with Crippen LogP contribution in [-0.4, -0.2) is 57.4 Å². The molecule has 2 atom stereocenters. The lowest BCUT2D eigenvalue weighted by molar-refractivity contribution is -0.895. The molecule has 0 aromatic heterocycles. The van der Waals surface area contributed by atoms with Crippen molar-refractivity contribution >= 4 is 15.9 Å². The molecule has 0 radical (unpaired) electrons. The fraction of sp³-hybridized carbons (Fsp3) is 0.632. The van der Waals surface area contributed by atoms with Gasteiger partial charge in [-0.05, 0) is 30.9 Å². The van der Waals surface area contributed by atoms with Gasteiger partial charge in [0.05, 0.1) is 26.2 Å². The lowest BCUT2D eigenvalue weighted by atomic mass is 9.86. The van der Waals surface area contributed by atoms with Crippen molar-refractivity contribution in [1.82, 2.24) is 9.62 Å². The van der Waals surface area contributed by atoms with E-state index in [9.17, 15) is 17.6 Å². The average Bonchev–Trinajstić information content (AvgIpc) is 2.64. The van der Waals surface area contributed by atoms with E-state index < -0.39 is 15.8 Å². The van der Waals surface area contributed by atoms with Gasteiger partial charge in [0.2, 0.25) is 10.0 Å². The maximum absolute atomic E-state index is 13.9. The molecule has 0 bridgehead atoms. The van der Waals surface area contributed by atoms with Gasteiger partial charge < -0.3 is 10.2 Å². The van der Waals surface area contributed by atoms with Crippen molar-refractivity contribution in [3.8, 4) is 0 Å². The summed E-state index contributed by atoms with van der Waals surface area (Å²) in [7, 11) is -3.83. The van der Waals surface area contributed by atoms with E-state index in [1.807, 2.05) is 0 Å². The van der Waals surface area contributed by atoms with E-state index >= 15 is 0 Å². The van der Waals surface area contributed by atoms with Crippen molar-refractivity contribution in [2.75, 3.05) is 32.7 Å². The Labute approximate surface area is 160 Å². The van der Waals surface area contributed by atoms with Gasteiger partial charge in [0.1, 0.15) is 10.7 Å². The van der Waals surface area contributed by atoms with Crippen molar-refractivity contribution in [3.63, 3.8) is 0 Å². The predicted octanol–water partition coefficient (Wildman–Crippen LogP) is 0.410. The number of hydrogen-bond acceptors (Lipinski definition) is 3. The molecule has 1 heterocycles. The lowest BCUT2D eigenvalue weighted by Crippen LogP contribution is -3.15. The third kappa shape index (κ3) is 4.86. The first kappa shape index (κ1) is 20.2. The fourth-order valence-electron chi connectivity index (χ4n) is 4.03. The Kier molecular flexibility index (Phi) is 6.49. The van der Waals surface area contributed by atoms with Crippen LogP contribution < -0.4 is 10.2 Å². The number of carbonyl (C=O) groups excluding carboxylic acids is 1. The van der Waals surface area contributed by atoms with Gasteiger partial charge in [0.15, 0.2) is 6.54 Å². The molecule has 0 spiro atoms. The molecule has 1 aliphatic heterocycles. The number of nitrogens with one attached hydrogen (secondary N) is 2. The Morgan fingerprint density at radius 3 is 2.56 bits per heavy atom. The van der Waals surface area contributed by atoms with E-state index in [-0.39, 0.29) is 16.8 Å². The first-order chi connectivity index (χ1) is 12.9. The molecule has 6 nitrogen and oxygen atoms in total.